The second kappa shape index (κ2) is 36.1. The van der Waals surface area contributed by atoms with Gasteiger partial charge in [0, 0.05) is 0 Å². The molecule has 0 aromatic carbocycles. The van der Waals surface area contributed by atoms with E-state index in [2.05, 4.69) is 35.5 Å². The zero-order valence-corrected chi connectivity index (χ0v) is 37.5. The van der Waals surface area contributed by atoms with Gasteiger partial charge in [-0.3, -0.25) is 9.35 Å². The highest BCUT2D eigenvalue weighted by Gasteiger charge is 2.48. The molecule has 0 aliphatic carbocycles. The summed E-state index contributed by atoms with van der Waals surface area (Å²) in [6, 6.07) is -1.12. The zero-order valence-electron chi connectivity index (χ0n) is 36.7. The Kier molecular flexibility index (Phi) is 34.0. The van der Waals surface area contributed by atoms with E-state index in [1.807, 2.05) is 6.08 Å². The maximum absolute atomic E-state index is 13.0. The molecule has 7 N–H and O–H groups in total. The number of aliphatic hydroxyl groups is 5. The van der Waals surface area contributed by atoms with E-state index in [-0.39, 0.29) is 6.42 Å². The lowest BCUT2D eigenvalue weighted by Crippen LogP contribution is -2.61. The summed E-state index contributed by atoms with van der Waals surface area (Å²) < 4.78 is 47.4. The quantitative estimate of drug-likeness (QED) is 0.0179. The second-order valence-corrected chi connectivity index (χ2v) is 17.5. The van der Waals surface area contributed by atoms with Crippen LogP contribution < -0.4 is 5.32 Å². The lowest BCUT2D eigenvalue weighted by Gasteiger charge is -2.41. The Bertz CT molecular complexity index is 1170. The number of ether oxygens (including phenoxy) is 2. The zero-order chi connectivity index (χ0) is 43.6. The van der Waals surface area contributed by atoms with Crippen molar-refractivity contribution >= 4 is 16.3 Å². The van der Waals surface area contributed by atoms with Crippen LogP contribution in [0.1, 0.15) is 194 Å². The first-order valence-corrected chi connectivity index (χ1v) is 24.7. The SMILES string of the molecule is CCCC/C=C\CCCCCC(O)C(=O)NC(COC1OC(CO)C(O)C(OS(=O)(=O)O)C1O)C(O)/C=C/CCCCCCCCCCCCCCCCCCCCC. The van der Waals surface area contributed by atoms with Gasteiger partial charge in [0.1, 0.15) is 30.5 Å². The van der Waals surface area contributed by atoms with Crippen molar-refractivity contribution in [2.45, 2.75) is 243 Å². The van der Waals surface area contributed by atoms with Gasteiger partial charge in [-0.1, -0.05) is 179 Å². The van der Waals surface area contributed by atoms with Gasteiger partial charge in [-0.15, -0.1) is 0 Å². The summed E-state index contributed by atoms with van der Waals surface area (Å²) in [5, 5.41) is 55.0. The van der Waals surface area contributed by atoms with Crippen LogP contribution in [-0.2, 0) is 28.9 Å². The first kappa shape index (κ1) is 55.6. The third kappa shape index (κ3) is 28.7. The lowest BCUT2D eigenvalue weighted by molar-refractivity contribution is -0.298. The summed E-state index contributed by atoms with van der Waals surface area (Å²) in [7, 11) is -5.12. The van der Waals surface area contributed by atoms with Crippen molar-refractivity contribution < 1.29 is 57.0 Å². The van der Waals surface area contributed by atoms with E-state index in [1.165, 1.54) is 109 Å². The van der Waals surface area contributed by atoms with Crippen LogP contribution in [0.25, 0.3) is 0 Å². The van der Waals surface area contributed by atoms with Crippen LogP contribution in [0.2, 0.25) is 0 Å². The molecular weight excluding hydrogens is 779 g/mol. The maximum atomic E-state index is 13.0. The fourth-order valence-electron chi connectivity index (χ4n) is 7.32. The number of carbonyl (C=O) groups is 1. The molecule has 1 amide bonds. The molecule has 0 aromatic heterocycles. The predicted molar refractivity (Wildman–Crippen MR) is 233 cm³/mol. The average molecular weight is 864 g/mol. The Morgan fingerprint density at radius 2 is 1.14 bits per heavy atom. The molecule has 0 saturated carbocycles. The van der Waals surface area contributed by atoms with Crippen molar-refractivity contribution in [3.63, 3.8) is 0 Å². The molecule has 0 radical (unpaired) electrons. The summed E-state index contributed by atoms with van der Waals surface area (Å²) in [4.78, 5) is 13.0. The topological polar surface area (TPSA) is 212 Å². The number of rotatable bonds is 39. The minimum absolute atomic E-state index is 0.222. The molecule has 59 heavy (non-hydrogen) atoms. The summed E-state index contributed by atoms with van der Waals surface area (Å²) in [6.45, 7) is 3.15. The summed E-state index contributed by atoms with van der Waals surface area (Å²) >= 11 is 0. The second-order valence-electron chi connectivity index (χ2n) is 16.5. The summed E-state index contributed by atoms with van der Waals surface area (Å²) in [5.41, 5.74) is 0. The molecule has 8 unspecified atom stereocenters. The standard InChI is InChI=1S/C45H85NO12S/c1-3-5-7-9-11-13-14-15-16-17-18-19-20-21-22-23-24-26-27-29-31-33-38(48)37(46-44(52)39(49)34-32-30-28-25-12-10-8-6-4-2)36-56-45-42(51)43(58-59(53,54)55)41(50)40(35-47)57-45/h10,12,31,33,37-43,45,47-51H,3-9,11,13-30,32,34-36H2,1-2H3,(H,46,52)(H,53,54,55)/b12-10-,33-31+. The van der Waals surface area contributed by atoms with Gasteiger partial charge in [-0.05, 0) is 38.5 Å². The van der Waals surface area contributed by atoms with Crippen LogP contribution in [0.4, 0.5) is 0 Å². The Morgan fingerprint density at radius 1 is 0.678 bits per heavy atom. The van der Waals surface area contributed by atoms with Crippen molar-refractivity contribution in [3.8, 4) is 0 Å². The molecule has 1 heterocycles. The van der Waals surface area contributed by atoms with E-state index in [0.717, 1.165) is 57.8 Å². The molecule has 13 nitrogen and oxygen atoms in total. The molecule has 1 fully saturated rings. The molecule has 1 aliphatic heterocycles. The van der Waals surface area contributed by atoms with Gasteiger partial charge in [-0.2, -0.15) is 8.42 Å². The van der Waals surface area contributed by atoms with Gasteiger partial charge < -0.3 is 40.3 Å². The van der Waals surface area contributed by atoms with Crippen LogP contribution in [0.3, 0.4) is 0 Å². The van der Waals surface area contributed by atoms with Gasteiger partial charge in [0.2, 0.25) is 5.91 Å². The fourth-order valence-corrected chi connectivity index (χ4v) is 7.83. The van der Waals surface area contributed by atoms with E-state index in [4.69, 9.17) is 14.0 Å². The fraction of sp³-hybridized carbons (Fsp3) is 0.889. The Morgan fingerprint density at radius 3 is 1.63 bits per heavy atom. The molecule has 1 saturated heterocycles. The Hall–Kier alpha value is -1.46. The van der Waals surface area contributed by atoms with Crippen LogP contribution in [0.15, 0.2) is 24.3 Å². The molecule has 0 spiro atoms. The van der Waals surface area contributed by atoms with Crippen LogP contribution in [0, 0.1) is 0 Å². The molecule has 0 aromatic rings. The van der Waals surface area contributed by atoms with E-state index >= 15 is 0 Å². The third-order valence-corrected chi connectivity index (χ3v) is 11.5. The number of amides is 1. The highest BCUT2D eigenvalue weighted by atomic mass is 32.3. The van der Waals surface area contributed by atoms with E-state index in [9.17, 15) is 38.7 Å². The molecule has 1 aliphatic rings. The van der Waals surface area contributed by atoms with Crippen LogP contribution in [0.5, 0.6) is 0 Å². The number of hydrogen-bond donors (Lipinski definition) is 7. The van der Waals surface area contributed by atoms with Crippen molar-refractivity contribution in [3.05, 3.63) is 24.3 Å². The average Bonchev–Trinajstić information content (AvgIpc) is 3.20. The van der Waals surface area contributed by atoms with Gasteiger partial charge in [-0.25, -0.2) is 4.18 Å². The number of nitrogens with one attached hydrogen (secondary N) is 1. The van der Waals surface area contributed by atoms with E-state index < -0.39 is 78.5 Å². The van der Waals surface area contributed by atoms with Crippen LogP contribution in [-0.4, -0.2) is 107 Å². The molecular formula is C45H85NO12S. The number of allylic oxidation sites excluding steroid dienone is 3. The van der Waals surface area contributed by atoms with Crippen LogP contribution >= 0.6 is 0 Å². The largest absolute Gasteiger partial charge is 0.397 e. The van der Waals surface area contributed by atoms with E-state index in [1.54, 1.807) is 0 Å². The minimum Gasteiger partial charge on any atom is -0.394 e. The van der Waals surface area contributed by atoms with Gasteiger partial charge in [0.15, 0.2) is 6.29 Å². The van der Waals surface area contributed by atoms with Gasteiger partial charge >= 0.3 is 10.4 Å². The normalized spacial score (nSPS) is 21.7. The number of aliphatic hydroxyl groups excluding tert-OH is 5. The Balaban J connectivity index is 2.53. The minimum atomic E-state index is -5.12. The highest BCUT2D eigenvalue weighted by molar-refractivity contribution is 7.80. The smallest absolute Gasteiger partial charge is 0.394 e. The predicted octanol–water partition coefficient (Wildman–Crippen LogP) is 7.91. The number of carbonyl (C=O) groups excluding carboxylic acids is 1. The maximum Gasteiger partial charge on any atom is 0.397 e. The monoisotopic (exact) mass is 864 g/mol. The molecule has 8 atom stereocenters. The highest BCUT2D eigenvalue weighted by Crippen LogP contribution is 2.26. The van der Waals surface area contributed by atoms with Gasteiger partial charge in [0.05, 0.1) is 25.4 Å². The first-order valence-electron chi connectivity index (χ1n) is 23.3. The van der Waals surface area contributed by atoms with Crippen molar-refractivity contribution in [1.29, 1.82) is 0 Å². The van der Waals surface area contributed by atoms with Gasteiger partial charge in [0.25, 0.3) is 0 Å². The number of hydrogen-bond acceptors (Lipinski definition) is 11. The number of unbranched alkanes of at least 4 members (excludes halogenated alkanes) is 24. The first-order chi connectivity index (χ1) is 28.4. The molecule has 348 valence electrons. The molecule has 0 bridgehead atoms. The van der Waals surface area contributed by atoms with E-state index in [0.29, 0.717) is 12.8 Å². The third-order valence-electron chi connectivity index (χ3n) is 11.1. The van der Waals surface area contributed by atoms with Crippen molar-refractivity contribution in [1.82, 2.24) is 5.32 Å². The Labute approximate surface area is 357 Å². The molecule has 14 heteroatoms. The summed E-state index contributed by atoms with van der Waals surface area (Å²) in [6.07, 6.45) is 28.6. The lowest BCUT2D eigenvalue weighted by atomic mass is 9.99. The summed E-state index contributed by atoms with van der Waals surface area (Å²) in [5.74, 6) is -0.717. The molecule has 1 rings (SSSR count). The van der Waals surface area contributed by atoms with Crippen molar-refractivity contribution in [2.75, 3.05) is 13.2 Å². The van der Waals surface area contributed by atoms with Crippen molar-refractivity contribution in [2.24, 2.45) is 0 Å².